The molecule has 28 heavy (non-hydrogen) atoms. The van der Waals surface area contributed by atoms with Gasteiger partial charge in [-0.05, 0) is 51.9 Å². The summed E-state index contributed by atoms with van der Waals surface area (Å²) in [5, 5.41) is 2.98. The molecule has 0 aromatic heterocycles. The molecule has 0 saturated carbocycles. The Hall–Kier alpha value is -2.14. The maximum atomic E-state index is 12.7. The van der Waals surface area contributed by atoms with Crippen molar-refractivity contribution in [2.24, 2.45) is 16.3 Å². The van der Waals surface area contributed by atoms with Crippen LogP contribution in [0.15, 0.2) is 17.1 Å². The molecule has 1 unspecified atom stereocenters. The van der Waals surface area contributed by atoms with Crippen LogP contribution in [-0.4, -0.2) is 54.8 Å². The SMILES string of the molecule is C=C(C)C(=O)OCCN(C(=O)NCC(C)CC(C)(C)CCN=C=O)C(C)(C)C. The van der Waals surface area contributed by atoms with E-state index in [1.807, 2.05) is 20.8 Å². The molecule has 2 amide bonds. The molecule has 0 aliphatic carbocycles. The highest BCUT2D eigenvalue weighted by Gasteiger charge is 2.27. The number of hydrogen-bond donors (Lipinski definition) is 1. The van der Waals surface area contributed by atoms with Crippen LogP contribution in [0.5, 0.6) is 0 Å². The van der Waals surface area contributed by atoms with Gasteiger partial charge in [-0.3, -0.25) is 0 Å². The molecule has 0 spiro atoms. The van der Waals surface area contributed by atoms with E-state index < -0.39 is 11.5 Å². The molecule has 160 valence electrons. The Morgan fingerprint density at radius 2 is 1.86 bits per heavy atom. The number of nitrogens with zero attached hydrogens (tertiary/aromatic N) is 2. The Morgan fingerprint density at radius 3 is 2.36 bits per heavy atom. The summed E-state index contributed by atoms with van der Waals surface area (Å²) in [6, 6.07) is -0.186. The van der Waals surface area contributed by atoms with E-state index in [0.717, 1.165) is 12.8 Å². The van der Waals surface area contributed by atoms with Crippen LogP contribution in [0, 0.1) is 11.3 Å². The normalized spacial score (nSPS) is 12.5. The highest BCUT2D eigenvalue weighted by molar-refractivity contribution is 5.86. The summed E-state index contributed by atoms with van der Waals surface area (Å²) >= 11 is 0. The molecule has 0 bridgehead atoms. The molecule has 1 N–H and O–H groups in total. The maximum Gasteiger partial charge on any atom is 0.333 e. The van der Waals surface area contributed by atoms with Crippen LogP contribution in [0.4, 0.5) is 4.79 Å². The number of urea groups is 1. The Balaban J connectivity index is 4.63. The Kier molecular flexibility index (Phi) is 10.8. The average Bonchev–Trinajstić information content (AvgIpc) is 2.54. The van der Waals surface area contributed by atoms with Crippen molar-refractivity contribution in [2.75, 3.05) is 26.2 Å². The van der Waals surface area contributed by atoms with E-state index in [1.54, 1.807) is 17.9 Å². The van der Waals surface area contributed by atoms with Crippen LogP contribution in [0.25, 0.3) is 0 Å². The summed E-state index contributed by atoms with van der Waals surface area (Å²) in [4.78, 5) is 39.7. The van der Waals surface area contributed by atoms with E-state index >= 15 is 0 Å². The van der Waals surface area contributed by atoms with Gasteiger partial charge in [-0.25, -0.2) is 19.4 Å². The second-order valence-corrected chi connectivity index (χ2v) is 9.12. The number of carbonyl (C=O) groups is 2. The highest BCUT2D eigenvalue weighted by atomic mass is 16.5. The van der Waals surface area contributed by atoms with Crippen molar-refractivity contribution in [2.45, 2.75) is 66.8 Å². The molecule has 7 nitrogen and oxygen atoms in total. The zero-order valence-corrected chi connectivity index (χ0v) is 18.6. The summed E-state index contributed by atoms with van der Waals surface area (Å²) in [7, 11) is 0. The molecule has 0 saturated heterocycles. The van der Waals surface area contributed by atoms with Crippen molar-refractivity contribution in [1.29, 1.82) is 0 Å². The van der Waals surface area contributed by atoms with E-state index in [0.29, 0.717) is 25.2 Å². The molecular weight excluding hydrogens is 358 g/mol. The smallest absolute Gasteiger partial charge is 0.333 e. The fourth-order valence-electron chi connectivity index (χ4n) is 2.97. The number of amides is 2. The van der Waals surface area contributed by atoms with Gasteiger partial charge in [-0.2, -0.15) is 0 Å². The number of carbonyl (C=O) groups excluding carboxylic acids is 3. The Labute approximate surface area is 169 Å². The van der Waals surface area contributed by atoms with E-state index in [1.165, 1.54) is 0 Å². The Bertz CT molecular complexity index is 587. The summed E-state index contributed by atoms with van der Waals surface area (Å²) in [6.07, 6.45) is 3.26. The van der Waals surface area contributed by atoms with Gasteiger partial charge in [0.25, 0.3) is 0 Å². The van der Waals surface area contributed by atoms with E-state index in [-0.39, 0.29) is 24.0 Å². The van der Waals surface area contributed by atoms with Crippen LogP contribution >= 0.6 is 0 Å². The van der Waals surface area contributed by atoms with Gasteiger partial charge in [0.1, 0.15) is 6.61 Å². The van der Waals surface area contributed by atoms with Gasteiger partial charge >= 0.3 is 12.0 Å². The van der Waals surface area contributed by atoms with Crippen LogP contribution in [0.3, 0.4) is 0 Å². The lowest BCUT2D eigenvalue weighted by atomic mass is 9.80. The lowest BCUT2D eigenvalue weighted by Crippen LogP contribution is -2.52. The number of isocyanates is 1. The zero-order valence-electron chi connectivity index (χ0n) is 18.6. The maximum absolute atomic E-state index is 12.7. The minimum absolute atomic E-state index is 0.0188. The van der Waals surface area contributed by atoms with Crippen molar-refractivity contribution in [3.63, 3.8) is 0 Å². The first-order valence-electron chi connectivity index (χ1n) is 9.72. The molecule has 0 aromatic rings. The largest absolute Gasteiger partial charge is 0.460 e. The fraction of sp³-hybridized carbons (Fsp3) is 0.762. The third kappa shape index (κ3) is 10.9. The van der Waals surface area contributed by atoms with Crippen LogP contribution in [0.2, 0.25) is 0 Å². The molecule has 0 fully saturated rings. The van der Waals surface area contributed by atoms with Crippen LogP contribution in [0.1, 0.15) is 61.3 Å². The van der Waals surface area contributed by atoms with Gasteiger partial charge in [0.15, 0.2) is 0 Å². The lowest BCUT2D eigenvalue weighted by molar-refractivity contribution is -0.139. The number of rotatable bonds is 11. The van der Waals surface area contributed by atoms with Gasteiger partial charge in [-0.1, -0.05) is 27.4 Å². The minimum Gasteiger partial charge on any atom is -0.460 e. The number of esters is 1. The topological polar surface area (TPSA) is 88.1 Å². The molecule has 7 heteroatoms. The van der Waals surface area contributed by atoms with E-state index in [2.05, 4.69) is 37.7 Å². The highest BCUT2D eigenvalue weighted by Crippen LogP contribution is 2.29. The average molecular weight is 396 g/mol. The van der Waals surface area contributed by atoms with E-state index in [4.69, 9.17) is 4.74 Å². The fourth-order valence-corrected chi connectivity index (χ4v) is 2.97. The molecule has 1 atom stereocenters. The predicted octanol–water partition coefficient (Wildman–Crippen LogP) is 3.69. The molecule has 0 heterocycles. The molecule has 0 aliphatic rings. The van der Waals surface area contributed by atoms with Crippen molar-refractivity contribution in [3.05, 3.63) is 12.2 Å². The Morgan fingerprint density at radius 1 is 1.25 bits per heavy atom. The number of aliphatic imine (C=N–C) groups is 1. The third-order valence-electron chi connectivity index (χ3n) is 4.42. The summed E-state index contributed by atoms with van der Waals surface area (Å²) in [5.74, 6) is -0.189. The van der Waals surface area contributed by atoms with Gasteiger partial charge < -0.3 is 15.0 Å². The first kappa shape index (κ1) is 25.9. The lowest BCUT2D eigenvalue weighted by Gasteiger charge is -2.36. The van der Waals surface area contributed by atoms with Gasteiger partial charge in [0.05, 0.1) is 13.1 Å². The first-order valence-corrected chi connectivity index (χ1v) is 9.72. The number of hydrogen-bond acceptors (Lipinski definition) is 5. The van der Waals surface area contributed by atoms with Gasteiger partial charge in [-0.15, -0.1) is 0 Å². The quantitative estimate of drug-likeness (QED) is 0.250. The molecule has 0 rings (SSSR count). The predicted molar refractivity (Wildman–Crippen MR) is 111 cm³/mol. The van der Waals surface area contributed by atoms with Crippen molar-refractivity contribution in [1.82, 2.24) is 10.2 Å². The van der Waals surface area contributed by atoms with Gasteiger partial charge in [0.2, 0.25) is 6.08 Å². The second kappa shape index (κ2) is 11.6. The molecule has 0 aromatic carbocycles. The minimum atomic E-state index is -0.455. The number of nitrogens with one attached hydrogen (secondary N) is 1. The van der Waals surface area contributed by atoms with Crippen molar-refractivity contribution >= 4 is 18.1 Å². The molecular formula is C21H37N3O4. The van der Waals surface area contributed by atoms with E-state index in [9.17, 15) is 14.4 Å². The standard InChI is InChI=1S/C21H37N3O4/c1-16(2)18(26)28-12-11-24(20(4,5)6)19(27)23-14-17(3)13-21(7,8)9-10-22-15-25/h17H,1,9-14H2,2-8H3,(H,23,27). The zero-order chi connectivity index (χ0) is 22.0. The number of ether oxygens (including phenoxy) is 1. The summed E-state index contributed by atoms with van der Waals surface area (Å²) in [5.41, 5.74) is -0.0537. The monoisotopic (exact) mass is 395 g/mol. The van der Waals surface area contributed by atoms with Crippen molar-refractivity contribution in [3.8, 4) is 0 Å². The molecule has 0 radical (unpaired) electrons. The summed E-state index contributed by atoms with van der Waals surface area (Å²) < 4.78 is 5.12. The third-order valence-corrected chi connectivity index (χ3v) is 4.42. The van der Waals surface area contributed by atoms with Crippen molar-refractivity contribution < 1.29 is 19.1 Å². The van der Waals surface area contributed by atoms with Crippen LogP contribution in [-0.2, 0) is 14.3 Å². The summed E-state index contributed by atoms with van der Waals surface area (Å²) in [6.45, 7) is 18.7. The van der Waals surface area contributed by atoms with Crippen LogP contribution < -0.4 is 5.32 Å². The second-order valence-electron chi connectivity index (χ2n) is 9.12. The first-order chi connectivity index (χ1) is 12.8. The molecule has 0 aliphatic heterocycles. The van der Waals surface area contributed by atoms with Gasteiger partial charge in [0, 0.05) is 17.7 Å².